The zero-order valence-corrected chi connectivity index (χ0v) is 31.2. The highest BCUT2D eigenvalue weighted by Gasteiger charge is 2.20. The number of benzene rings is 2. The number of unbranched alkanes of at least 4 members (excludes halogenated alkanes) is 10. The van der Waals surface area contributed by atoms with Gasteiger partial charge in [-0.1, -0.05) is 90.2 Å². The third kappa shape index (κ3) is 14.5. The van der Waals surface area contributed by atoms with Crippen molar-refractivity contribution in [1.29, 1.82) is 0 Å². The molecular weight excluding hydrogens is 630 g/mol. The van der Waals surface area contributed by atoms with Crippen molar-refractivity contribution in [1.82, 2.24) is 20.2 Å². The molecule has 1 heterocycles. The first kappa shape index (κ1) is 40.5. The molecule has 0 spiro atoms. The molecular formula is C40H61N5O5. The first-order chi connectivity index (χ1) is 24.4. The van der Waals surface area contributed by atoms with Crippen LogP contribution in [0.2, 0.25) is 0 Å². The second-order valence-corrected chi connectivity index (χ2v) is 13.1. The molecule has 0 bridgehead atoms. The average Bonchev–Trinajstić information content (AvgIpc) is 3.12. The van der Waals surface area contributed by atoms with Crippen LogP contribution < -0.4 is 20.1 Å². The summed E-state index contributed by atoms with van der Waals surface area (Å²) in [4.78, 5) is 35.3. The molecule has 3 aromatic rings. The van der Waals surface area contributed by atoms with Gasteiger partial charge in [-0.2, -0.15) is 0 Å². The van der Waals surface area contributed by atoms with Crippen LogP contribution in [0, 0.1) is 0 Å². The second-order valence-electron chi connectivity index (χ2n) is 13.1. The first-order valence-corrected chi connectivity index (χ1v) is 18.8. The highest BCUT2D eigenvalue weighted by atomic mass is 16.5. The Kier molecular flexibility index (Phi) is 19.0. The van der Waals surface area contributed by atoms with Crippen molar-refractivity contribution in [3.63, 3.8) is 0 Å². The smallest absolute Gasteiger partial charge is 0.328 e. The molecule has 10 nitrogen and oxygen atoms in total. The van der Waals surface area contributed by atoms with Gasteiger partial charge in [-0.25, -0.2) is 14.8 Å². The summed E-state index contributed by atoms with van der Waals surface area (Å²) in [6, 6.07) is 10.7. The van der Waals surface area contributed by atoms with E-state index in [0.717, 1.165) is 48.2 Å². The highest BCUT2D eigenvalue weighted by molar-refractivity contribution is 5.93. The SMILES string of the molecule is CCCCCCCCN(CCCCCCCC)CCCOc1cc2c(Nc3ccc(C[C@H](NC(C)=O)C(=O)OC)cc3)ncnc2cc1OC. The molecule has 50 heavy (non-hydrogen) atoms. The van der Waals surface area contributed by atoms with Gasteiger partial charge in [-0.05, 0) is 56.1 Å². The lowest BCUT2D eigenvalue weighted by Gasteiger charge is -2.22. The summed E-state index contributed by atoms with van der Waals surface area (Å²) in [5, 5.41) is 6.86. The number of carbonyl (C=O) groups is 2. The van der Waals surface area contributed by atoms with Gasteiger partial charge < -0.3 is 29.7 Å². The van der Waals surface area contributed by atoms with Crippen molar-refractivity contribution in [3.8, 4) is 11.5 Å². The minimum absolute atomic E-state index is 0.289. The molecule has 0 aliphatic carbocycles. The van der Waals surface area contributed by atoms with Crippen molar-refractivity contribution < 1.29 is 23.8 Å². The second kappa shape index (κ2) is 23.5. The molecule has 2 N–H and O–H groups in total. The third-order valence-corrected chi connectivity index (χ3v) is 8.97. The van der Waals surface area contributed by atoms with Crippen LogP contribution in [-0.4, -0.2) is 73.2 Å². The number of methoxy groups -OCH3 is 2. The van der Waals surface area contributed by atoms with Crippen LogP contribution in [0.15, 0.2) is 42.7 Å². The summed E-state index contributed by atoms with van der Waals surface area (Å²) in [5.74, 6) is 1.18. The van der Waals surface area contributed by atoms with Gasteiger partial charge in [0.15, 0.2) is 11.5 Å². The van der Waals surface area contributed by atoms with E-state index in [1.807, 2.05) is 36.4 Å². The normalized spacial score (nSPS) is 11.8. The van der Waals surface area contributed by atoms with E-state index in [-0.39, 0.29) is 5.91 Å². The fourth-order valence-electron chi connectivity index (χ4n) is 6.15. The number of esters is 1. The summed E-state index contributed by atoms with van der Waals surface area (Å²) in [5.41, 5.74) is 2.44. The maximum atomic E-state index is 12.1. The Morgan fingerprint density at radius 2 is 1.40 bits per heavy atom. The first-order valence-electron chi connectivity index (χ1n) is 18.8. The van der Waals surface area contributed by atoms with Crippen molar-refractivity contribution in [2.24, 2.45) is 0 Å². The Balaban J connectivity index is 1.62. The summed E-state index contributed by atoms with van der Waals surface area (Å²) in [6.45, 7) is 9.86. The van der Waals surface area contributed by atoms with E-state index in [9.17, 15) is 9.59 Å². The van der Waals surface area contributed by atoms with Crippen LogP contribution in [0.25, 0.3) is 10.9 Å². The molecule has 0 aliphatic rings. The predicted octanol–water partition coefficient (Wildman–Crippen LogP) is 8.39. The van der Waals surface area contributed by atoms with Gasteiger partial charge >= 0.3 is 5.97 Å². The minimum atomic E-state index is -0.751. The lowest BCUT2D eigenvalue weighted by Crippen LogP contribution is -2.41. The number of anilines is 2. The van der Waals surface area contributed by atoms with E-state index >= 15 is 0 Å². The Morgan fingerprint density at radius 3 is 2.00 bits per heavy atom. The number of hydrogen-bond donors (Lipinski definition) is 2. The van der Waals surface area contributed by atoms with E-state index in [1.54, 1.807) is 7.11 Å². The molecule has 1 amide bonds. The van der Waals surface area contributed by atoms with Gasteiger partial charge in [0, 0.05) is 37.0 Å². The molecule has 1 aromatic heterocycles. The van der Waals surface area contributed by atoms with E-state index < -0.39 is 12.0 Å². The average molecular weight is 692 g/mol. The zero-order chi connectivity index (χ0) is 36.0. The topological polar surface area (TPSA) is 115 Å². The molecule has 0 saturated carbocycles. The summed E-state index contributed by atoms with van der Waals surface area (Å²) in [7, 11) is 2.96. The summed E-state index contributed by atoms with van der Waals surface area (Å²) < 4.78 is 16.9. The van der Waals surface area contributed by atoms with Crippen LogP contribution in [-0.2, 0) is 20.7 Å². The predicted molar refractivity (Wildman–Crippen MR) is 202 cm³/mol. The van der Waals surface area contributed by atoms with Gasteiger partial charge in [-0.15, -0.1) is 0 Å². The van der Waals surface area contributed by atoms with Crippen LogP contribution in [0.5, 0.6) is 11.5 Å². The van der Waals surface area contributed by atoms with Gasteiger partial charge in [0.05, 0.1) is 26.3 Å². The maximum Gasteiger partial charge on any atom is 0.328 e. The van der Waals surface area contributed by atoms with Gasteiger partial charge in [0.25, 0.3) is 0 Å². The minimum Gasteiger partial charge on any atom is -0.493 e. The molecule has 3 rings (SSSR count). The number of fused-ring (bicyclic) bond motifs is 1. The number of nitrogens with one attached hydrogen (secondary N) is 2. The Morgan fingerprint density at radius 1 is 0.780 bits per heavy atom. The Bertz CT molecular complexity index is 1400. The summed E-state index contributed by atoms with van der Waals surface area (Å²) in [6.07, 6.45) is 18.6. The van der Waals surface area contributed by atoms with Crippen molar-refractivity contribution in [2.75, 3.05) is 45.8 Å². The molecule has 0 radical (unpaired) electrons. The van der Waals surface area contributed by atoms with Gasteiger partial charge in [0.2, 0.25) is 5.91 Å². The number of aromatic nitrogens is 2. The van der Waals surface area contributed by atoms with Crippen LogP contribution in [0.3, 0.4) is 0 Å². The number of ether oxygens (including phenoxy) is 3. The molecule has 10 heteroatoms. The van der Waals surface area contributed by atoms with Crippen molar-refractivity contribution >= 4 is 34.3 Å². The van der Waals surface area contributed by atoms with Crippen LogP contribution in [0.4, 0.5) is 11.5 Å². The monoisotopic (exact) mass is 691 g/mol. The Labute approximate surface area is 300 Å². The standard InChI is InChI=1S/C40H61N5O5/c1-6-8-10-12-14-16-23-45(24-17-15-13-11-9-7-2)25-18-26-50-38-28-34-35(29-37(38)48-4)41-30-42-39(34)44-33-21-19-32(20-22-33)27-36(40(47)49-5)43-31(3)46/h19-22,28-30,36H,6-18,23-27H2,1-5H3,(H,43,46)(H,41,42,44)/t36-/m0/s1. The number of carbonyl (C=O) groups excluding carboxylic acids is 2. The number of rotatable bonds is 26. The van der Waals surface area contributed by atoms with Crippen LogP contribution >= 0.6 is 0 Å². The van der Waals surface area contributed by atoms with Gasteiger partial charge in [0.1, 0.15) is 18.2 Å². The van der Waals surface area contributed by atoms with E-state index in [0.29, 0.717) is 30.3 Å². The molecule has 0 unspecified atom stereocenters. The van der Waals surface area contributed by atoms with Gasteiger partial charge in [-0.3, -0.25) is 4.79 Å². The van der Waals surface area contributed by atoms with Crippen molar-refractivity contribution in [3.05, 3.63) is 48.3 Å². The number of nitrogens with zero attached hydrogens (tertiary/aromatic N) is 3. The Hall–Kier alpha value is -3.92. The van der Waals surface area contributed by atoms with E-state index in [4.69, 9.17) is 14.2 Å². The molecule has 276 valence electrons. The molecule has 2 aromatic carbocycles. The fourth-order valence-corrected chi connectivity index (χ4v) is 6.15. The number of amides is 1. The van der Waals surface area contributed by atoms with Crippen LogP contribution in [0.1, 0.15) is 110 Å². The maximum absolute atomic E-state index is 12.1. The largest absolute Gasteiger partial charge is 0.493 e. The molecule has 0 fully saturated rings. The highest BCUT2D eigenvalue weighted by Crippen LogP contribution is 2.35. The lowest BCUT2D eigenvalue weighted by molar-refractivity contribution is -0.144. The summed E-state index contributed by atoms with van der Waals surface area (Å²) >= 11 is 0. The molecule has 0 aliphatic heterocycles. The van der Waals surface area contributed by atoms with E-state index in [1.165, 1.54) is 97.4 Å². The number of hydrogen-bond acceptors (Lipinski definition) is 9. The fraction of sp³-hybridized carbons (Fsp3) is 0.600. The van der Waals surface area contributed by atoms with Crippen molar-refractivity contribution in [2.45, 2.75) is 117 Å². The third-order valence-electron chi connectivity index (χ3n) is 8.97. The van der Waals surface area contributed by atoms with E-state index in [2.05, 4.69) is 39.3 Å². The quantitative estimate of drug-likeness (QED) is 0.0633. The molecule has 0 saturated heterocycles. The lowest BCUT2D eigenvalue weighted by atomic mass is 10.1. The molecule has 1 atom stereocenters. The zero-order valence-electron chi connectivity index (χ0n) is 31.2.